The van der Waals surface area contributed by atoms with E-state index < -0.39 is 49.1 Å². The molecule has 3 fully saturated rings. The van der Waals surface area contributed by atoms with Crippen molar-refractivity contribution < 1.29 is 38.1 Å². The number of aliphatic imine (C=N–C) groups is 1. The van der Waals surface area contributed by atoms with Gasteiger partial charge in [-0.15, -0.1) is 36.4 Å². The lowest BCUT2D eigenvalue weighted by Crippen LogP contribution is -2.55. The van der Waals surface area contributed by atoms with Crippen molar-refractivity contribution in [3.8, 4) is 0 Å². The highest BCUT2D eigenvalue weighted by molar-refractivity contribution is 6.30. The Hall–Kier alpha value is -0.890. The van der Waals surface area contributed by atoms with Crippen LogP contribution in [0.1, 0.15) is 25.7 Å². The fourth-order valence-corrected chi connectivity index (χ4v) is 5.56. The van der Waals surface area contributed by atoms with Crippen LogP contribution in [0.4, 0.5) is 13.2 Å². The Morgan fingerprint density at radius 2 is 1.97 bits per heavy atom. The summed E-state index contributed by atoms with van der Waals surface area (Å²) in [6.07, 6.45) is -8.03. The fraction of sp³-hybridized carbons (Fsp3) is 0.889. The molecule has 10 atom stereocenters. The predicted molar refractivity (Wildman–Crippen MR) is 108 cm³/mol. The summed E-state index contributed by atoms with van der Waals surface area (Å²) in [6.45, 7) is 0.328. The Bertz CT molecular complexity index is 748. The molecule has 5 unspecified atom stereocenters. The lowest BCUT2D eigenvalue weighted by atomic mass is 9.81. The molecular weight excluding hydrogens is 480 g/mol. The lowest BCUT2D eigenvalue weighted by molar-refractivity contribution is -0.325. The van der Waals surface area contributed by atoms with Crippen LogP contribution in [0.25, 0.3) is 0 Å². The minimum absolute atomic E-state index is 0.135. The van der Waals surface area contributed by atoms with Gasteiger partial charge in [0.15, 0.2) is 5.84 Å². The second kappa shape index (κ2) is 9.40. The number of aliphatic hydroxyl groups is 3. The number of likely N-dealkylation sites (tertiary alicyclic amines) is 1. The molecule has 4 rings (SSSR count). The highest BCUT2D eigenvalue weighted by atomic mass is 35.5. The Morgan fingerprint density at radius 1 is 1.22 bits per heavy atom. The highest BCUT2D eigenvalue weighted by Gasteiger charge is 2.54. The monoisotopic (exact) mass is 504 g/mol. The van der Waals surface area contributed by atoms with Crippen molar-refractivity contribution in [3.05, 3.63) is 0 Å². The molecule has 3 heterocycles. The van der Waals surface area contributed by atoms with Crippen LogP contribution in [0.5, 0.6) is 0 Å². The topological polar surface area (TPSA) is 119 Å². The van der Waals surface area contributed by atoms with Crippen LogP contribution >= 0.6 is 23.2 Å². The molecule has 4 aliphatic rings. The van der Waals surface area contributed by atoms with Gasteiger partial charge in [-0.25, -0.2) is 4.99 Å². The second-order valence-electron chi connectivity index (χ2n) is 8.56. The van der Waals surface area contributed by atoms with Gasteiger partial charge in [-0.1, -0.05) is 5.16 Å². The summed E-state index contributed by atoms with van der Waals surface area (Å²) in [4.78, 5) is 9.08. The number of halogens is 5. The molecule has 0 bridgehead atoms. The molecule has 1 saturated carbocycles. The van der Waals surface area contributed by atoms with E-state index in [0.29, 0.717) is 32.2 Å². The van der Waals surface area contributed by atoms with E-state index in [1.54, 1.807) is 4.90 Å². The summed E-state index contributed by atoms with van der Waals surface area (Å²) >= 11 is 12.4. The first-order chi connectivity index (χ1) is 15.1. The zero-order valence-electron chi connectivity index (χ0n) is 16.8. The molecule has 4 N–H and O–H groups in total. The minimum Gasteiger partial charge on any atom is -0.390 e. The molecule has 1 aliphatic carbocycles. The van der Waals surface area contributed by atoms with Crippen molar-refractivity contribution in [2.75, 3.05) is 6.54 Å². The molecule has 0 amide bonds. The summed E-state index contributed by atoms with van der Waals surface area (Å²) in [5, 5.41) is 37.7. The van der Waals surface area contributed by atoms with Crippen LogP contribution in [0.15, 0.2) is 10.1 Å². The normalized spacial score (nSPS) is 45.0. The molecule has 32 heavy (non-hydrogen) atoms. The Kier molecular flexibility index (Phi) is 7.12. The van der Waals surface area contributed by atoms with Crippen molar-refractivity contribution in [1.82, 2.24) is 10.2 Å². The van der Waals surface area contributed by atoms with Crippen LogP contribution in [0, 0.1) is 11.8 Å². The van der Waals surface area contributed by atoms with E-state index in [1.165, 1.54) is 6.34 Å². The van der Waals surface area contributed by atoms with Gasteiger partial charge in [0, 0.05) is 11.9 Å². The van der Waals surface area contributed by atoms with E-state index in [-0.39, 0.29) is 22.5 Å². The second-order valence-corrected chi connectivity index (χ2v) is 9.68. The van der Waals surface area contributed by atoms with E-state index in [1.807, 2.05) is 0 Å². The maximum Gasteiger partial charge on any atom is 0.593 e. The number of hydrogen-bond donors (Lipinski definition) is 4. The van der Waals surface area contributed by atoms with Crippen LogP contribution < -0.4 is 5.32 Å². The third-order valence-corrected chi connectivity index (χ3v) is 7.74. The van der Waals surface area contributed by atoms with Crippen molar-refractivity contribution in [2.24, 2.45) is 22.0 Å². The van der Waals surface area contributed by atoms with Gasteiger partial charge in [-0.2, -0.15) is 0 Å². The van der Waals surface area contributed by atoms with Crippen LogP contribution in [0.2, 0.25) is 0 Å². The first kappa shape index (κ1) is 24.2. The van der Waals surface area contributed by atoms with Gasteiger partial charge in [-0.3, -0.25) is 9.74 Å². The molecule has 3 aliphatic heterocycles. The number of nitrogens with zero attached hydrogens (tertiary/aromatic N) is 3. The number of amidine groups is 1. The first-order valence-corrected chi connectivity index (χ1v) is 11.3. The van der Waals surface area contributed by atoms with Gasteiger partial charge >= 0.3 is 6.36 Å². The Morgan fingerprint density at radius 3 is 2.66 bits per heavy atom. The van der Waals surface area contributed by atoms with Gasteiger partial charge in [0.25, 0.3) is 0 Å². The number of fused-ring (bicyclic) bond motifs is 1. The van der Waals surface area contributed by atoms with Gasteiger partial charge in [0.05, 0.1) is 29.9 Å². The number of oxime groups is 1. The number of rotatable bonds is 4. The summed E-state index contributed by atoms with van der Waals surface area (Å²) in [7, 11) is 0. The SMILES string of the molecule is O[C@@H]1[C@H](O)[C@@H]([C@H](O)C2CCC(Cl)C(Cl)C2)O[C@H]1N1CCC2/C(=N\OC(F)(F)F)N=CNC21. The van der Waals surface area contributed by atoms with Gasteiger partial charge in [0.1, 0.15) is 24.5 Å². The minimum atomic E-state index is -4.93. The molecular formula is C18H25Cl2F3N4O5. The fourth-order valence-electron chi connectivity index (χ4n) is 4.98. The summed E-state index contributed by atoms with van der Waals surface area (Å²) in [6, 6.07) is 0. The summed E-state index contributed by atoms with van der Waals surface area (Å²) in [5.74, 6) is -0.929. The highest BCUT2D eigenvalue weighted by Crippen LogP contribution is 2.39. The maximum absolute atomic E-state index is 12.4. The summed E-state index contributed by atoms with van der Waals surface area (Å²) in [5.41, 5.74) is 0. The molecule has 2 saturated heterocycles. The average Bonchev–Trinajstić information content (AvgIpc) is 3.29. The van der Waals surface area contributed by atoms with Crippen molar-refractivity contribution in [1.29, 1.82) is 0 Å². The number of aliphatic hydroxyl groups excluding tert-OH is 3. The van der Waals surface area contributed by atoms with Gasteiger partial charge in [-0.05, 0) is 31.6 Å². The van der Waals surface area contributed by atoms with Gasteiger partial charge < -0.3 is 25.4 Å². The first-order valence-electron chi connectivity index (χ1n) is 10.4. The zero-order valence-corrected chi connectivity index (χ0v) is 18.3. The molecule has 14 heteroatoms. The third kappa shape index (κ3) is 4.82. The van der Waals surface area contributed by atoms with E-state index >= 15 is 0 Å². The molecule has 0 aromatic rings. The Labute approximate surface area is 192 Å². The average molecular weight is 505 g/mol. The van der Waals surface area contributed by atoms with E-state index in [0.717, 1.165) is 0 Å². The van der Waals surface area contributed by atoms with E-state index in [4.69, 9.17) is 27.9 Å². The standard InChI is InChI=1S/C18H25Cl2F3N4O5/c19-9-2-1-7(5-10(9)20)11(28)14-12(29)13(30)17(31-14)27-4-3-8-15(24-6-25-16(8)27)26-32-18(21,22)23/h6-14,16-17,28-30H,1-5H2,(H,24,25,26)/t7?,8?,9?,10?,11-,12+,13-,14-,16?,17-/m1/s1. The lowest BCUT2D eigenvalue weighted by Gasteiger charge is -2.36. The smallest absolute Gasteiger partial charge is 0.390 e. The maximum atomic E-state index is 12.4. The molecule has 0 spiro atoms. The number of ether oxygens (including phenoxy) is 1. The predicted octanol–water partition coefficient (Wildman–Crippen LogP) is 0.938. The molecule has 182 valence electrons. The van der Waals surface area contributed by atoms with Crippen LogP contribution in [-0.4, -0.2) is 92.9 Å². The molecule has 0 aromatic carbocycles. The zero-order chi connectivity index (χ0) is 23.2. The van der Waals surface area contributed by atoms with Crippen LogP contribution in [-0.2, 0) is 9.57 Å². The number of alkyl halides is 5. The molecule has 0 aromatic heterocycles. The largest absolute Gasteiger partial charge is 0.593 e. The number of hydrogen-bond acceptors (Lipinski definition) is 8. The third-order valence-electron chi connectivity index (χ3n) is 6.61. The van der Waals surface area contributed by atoms with Crippen molar-refractivity contribution in [2.45, 2.75) is 79.6 Å². The van der Waals surface area contributed by atoms with Crippen molar-refractivity contribution >= 4 is 35.4 Å². The molecule has 0 radical (unpaired) electrons. The van der Waals surface area contributed by atoms with E-state index in [2.05, 4.69) is 20.3 Å². The summed E-state index contributed by atoms with van der Waals surface area (Å²) < 4.78 is 43.0. The van der Waals surface area contributed by atoms with Gasteiger partial charge in [0.2, 0.25) is 0 Å². The Balaban J connectivity index is 1.44. The van der Waals surface area contributed by atoms with Crippen molar-refractivity contribution in [3.63, 3.8) is 0 Å². The molecule has 9 nitrogen and oxygen atoms in total. The quantitative estimate of drug-likeness (QED) is 0.332. The van der Waals surface area contributed by atoms with Crippen LogP contribution in [0.3, 0.4) is 0 Å². The number of nitrogens with one attached hydrogen (secondary N) is 1. The van der Waals surface area contributed by atoms with E-state index in [9.17, 15) is 28.5 Å².